The number of esters is 1. The minimum Gasteiger partial charge on any atom is -0.496 e. The lowest BCUT2D eigenvalue weighted by Gasteiger charge is -2.19. The first-order valence-electron chi connectivity index (χ1n) is 9.36. The van der Waals surface area contributed by atoms with Crippen molar-refractivity contribution in [2.45, 2.75) is 45.6 Å². The molecule has 150 valence electrons. The lowest BCUT2D eigenvalue weighted by Crippen LogP contribution is -2.23. The normalized spacial score (nSPS) is 11.0. The van der Waals surface area contributed by atoms with Gasteiger partial charge in [-0.25, -0.2) is 4.79 Å². The van der Waals surface area contributed by atoms with Gasteiger partial charge < -0.3 is 14.8 Å². The minimum absolute atomic E-state index is 0.0321. The summed E-state index contributed by atoms with van der Waals surface area (Å²) in [4.78, 5) is 24.0. The van der Waals surface area contributed by atoms with Crippen LogP contribution in [0.25, 0.3) is 0 Å². The van der Waals surface area contributed by atoms with Gasteiger partial charge >= 0.3 is 5.97 Å². The molecule has 0 fully saturated rings. The number of aryl methyl sites for hydroxylation is 1. The van der Waals surface area contributed by atoms with E-state index in [-0.39, 0.29) is 11.3 Å². The summed E-state index contributed by atoms with van der Waals surface area (Å²) in [7, 11) is 2.82. The number of nitrogens with one attached hydrogen (secondary N) is 1. The van der Waals surface area contributed by atoms with Crippen LogP contribution in [-0.2, 0) is 27.9 Å². The van der Waals surface area contributed by atoms with Crippen molar-refractivity contribution >= 4 is 11.9 Å². The molecule has 5 nitrogen and oxygen atoms in total. The average molecular weight is 383 g/mol. The molecule has 0 atom stereocenters. The van der Waals surface area contributed by atoms with Crippen LogP contribution in [0.4, 0.5) is 0 Å². The van der Waals surface area contributed by atoms with Gasteiger partial charge in [0.2, 0.25) is 5.91 Å². The van der Waals surface area contributed by atoms with Crippen LogP contribution in [0.3, 0.4) is 0 Å². The predicted octanol–water partition coefficient (Wildman–Crippen LogP) is 4.03. The lowest BCUT2D eigenvalue weighted by molar-refractivity contribution is -0.121. The quantitative estimate of drug-likeness (QED) is 0.733. The third-order valence-electron chi connectivity index (χ3n) is 4.62. The van der Waals surface area contributed by atoms with E-state index in [9.17, 15) is 9.59 Å². The van der Waals surface area contributed by atoms with Gasteiger partial charge in [0.05, 0.1) is 14.2 Å². The molecule has 1 amide bonds. The van der Waals surface area contributed by atoms with E-state index in [0.29, 0.717) is 30.7 Å². The Labute approximate surface area is 167 Å². The van der Waals surface area contributed by atoms with Crippen LogP contribution in [0, 0.1) is 0 Å². The van der Waals surface area contributed by atoms with Gasteiger partial charge in [0.1, 0.15) is 11.3 Å². The summed E-state index contributed by atoms with van der Waals surface area (Å²) in [6.45, 7) is 6.89. The largest absolute Gasteiger partial charge is 0.496 e. The SMILES string of the molecule is COC(=O)c1cc(CNC(=O)CCc2ccc(C(C)(C)C)cc2)ccc1OC. The van der Waals surface area contributed by atoms with Crippen LogP contribution in [-0.4, -0.2) is 26.1 Å². The third-order valence-corrected chi connectivity index (χ3v) is 4.62. The molecule has 28 heavy (non-hydrogen) atoms. The molecule has 0 aromatic heterocycles. The minimum atomic E-state index is -0.469. The van der Waals surface area contributed by atoms with Gasteiger partial charge in [0.15, 0.2) is 0 Å². The van der Waals surface area contributed by atoms with Crippen molar-refractivity contribution < 1.29 is 19.1 Å². The molecule has 2 aromatic rings. The van der Waals surface area contributed by atoms with Gasteiger partial charge in [-0.15, -0.1) is 0 Å². The molecule has 0 aliphatic heterocycles. The number of rotatable bonds is 7. The zero-order chi connectivity index (χ0) is 20.7. The standard InChI is InChI=1S/C23H29NO4/c1-23(2,3)18-10-6-16(7-11-18)9-13-21(25)24-15-17-8-12-20(27-4)19(14-17)22(26)28-5/h6-8,10-12,14H,9,13,15H2,1-5H3,(H,24,25). The fourth-order valence-electron chi connectivity index (χ4n) is 2.85. The van der Waals surface area contributed by atoms with E-state index in [1.807, 2.05) is 6.07 Å². The first-order chi connectivity index (χ1) is 13.2. The molecule has 2 rings (SSSR count). The van der Waals surface area contributed by atoms with Crippen molar-refractivity contribution in [1.82, 2.24) is 5.32 Å². The molecule has 2 aromatic carbocycles. The molecule has 0 unspecified atom stereocenters. The van der Waals surface area contributed by atoms with Crippen molar-refractivity contribution in [1.29, 1.82) is 0 Å². The summed E-state index contributed by atoms with van der Waals surface area (Å²) in [5, 5.41) is 2.89. The van der Waals surface area contributed by atoms with Crippen molar-refractivity contribution in [3.8, 4) is 5.75 Å². The molecule has 0 radical (unpaired) electrons. The van der Waals surface area contributed by atoms with Gasteiger partial charge in [0, 0.05) is 13.0 Å². The van der Waals surface area contributed by atoms with Gasteiger partial charge in [-0.1, -0.05) is 51.1 Å². The van der Waals surface area contributed by atoms with E-state index in [1.165, 1.54) is 19.8 Å². The smallest absolute Gasteiger partial charge is 0.341 e. The van der Waals surface area contributed by atoms with Crippen LogP contribution < -0.4 is 10.1 Å². The third kappa shape index (κ3) is 5.84. The Morgan fingerprint density at radius 1 is 0.964 bits per heavy atom. The summed E-state index contributed by atoms with van der Waals surface area (Å²) in [5.74, 6) is -0.0558. The maximum Gasteiger partial charge on any atom is 0.341 e. The number of carbonyl (C=O) groups excluding carboxylic acids is 2. The van der Waals surface area contributed by atoms with E-state index in [1.54, 1.807) is 12.1 Å². The maximum absolute atomic E-state index is 12.2. The molecule has 0 spiro atoms. The van der Waals surface area contributed by atoms with E-state index >= 15 is 0 Å². The summed E-state index contributed by atoms with van der Waals surface area (Å²) in [5.41, 5.74) is 3.69. The van der Waals surface area contributed by atoms with Crippen molar-refractivity contribution in [3.63, 3.8) is 0 Å². The molecule has 0 bridgehead atoms. The molecule has 5 heteroatoms. The lowest BCUT2D eigenvalue weighted by atomic mass is 9.86. The number of methoxy groups -OCH3 is 2. The van der Waals surface area contributed by atoms with Crippen molar-refractivity contribution in [2.24, 2.45) is 0 Å². The first kappa shape index (κ1) is 21.5. The van der Waals surface area contributed by atoms with E-state index in [2.05, 4.69) is 50.4 Å². The topological polar surface area (TPSA) is 64.6 Å². The van der Waals surface area contributed by atoms with Crippen molar-refractivity contribution in [2.75, 3.05) is 14.2 Å². The van der Waals surface area contributed by atoms with E-state index < -0.39 is 5.97 Å². The zero-order valence-corrected chi connectivity index (χ0v) is 17.3. The molecule has 0 aliphatic rings. The van der Waals surface area contributed by atoms with Crippen molar-refractivity contribution in [3.05, 3.63) is 64.7 Å². The Kier molecular flexibility index (Phi) is 7.21. The zero-order valence-electron chi connectivity index (χ0n) is 17.3. The molecule has 0 saturated heterocycles. The van der Waals surface area contributed by atoms with Crippen LogP contribution >= 0.6 is 0 Å². The molecular formula is C23H29NO4. The highest BCUT2D eigenvalue weighted by atomic mass is 16.5. The fourth-order valence-corrected chi connectivity index (χ4v) is 2.85. The van der Waals surface area contributed by atoms with Crippen LogP contribution in [0.2, 0.25) is 0 Å². The van der Waals surface area contributed by atoms with Crippen LogP contribution in [0.15, 0.2) is 42.5 Å². The average Bonchev–Trinajstić information content (AvgIpc) is 2.69. The molecule has 1 N–H and O–H groups in total. The second-order valence-electron chi connectivity index (χ2n) is 7.75. The highest BCUT2D eigenvalue weighted by molar-refractivity contribution is 5.92. The monoisotopic (exact) mass is 383 g/mol. The van der Waals surface area contributed by atoms with Gasteiger partial charge in [-0.2, -0.15) is 0 Å². The molecule has 0 heterocycles. The van der Waals surface area contributed by atoms with Gasteiger partial charge in [0.25, 0.3) is 0 Å². The number of carbonyl (C=O) groups is 2. The Morgan fingerprint density at radius 2 is 1.61 bits per heavy atom. The van der Waals surface area contributed by atoms with E-state index in [0.717, 1.165) is 11.1 Å². The number of hydrogen-bond acceptors (Lipinski definition) is 4. The molecule has 0 aliphatic carbocycles. The molecular weight excluding hydrogens is 354 g/mol. The first-order valence-corrected chi connectivity index (χ1v) is 9.36. The number of ether oxygens (including phenoxy) is 2. The summed E-state index contributed by atoms with van der Waals surface area (Å²) in [6, 6.07) is 13.6. The number of benzene rings is 2. The Morgan fingerprint density at radius 3 is 2.18 bits per heavy atom. The molecule has 0 saturated carbocycles. The number of amides is 1. The Balaban J connectivity index is 1.89. The fraction of sp³-hybridized carbons (Fsp3) is 0.391. The summed E-state index contributed by atoms with van der Waals surface area (Å²) in [6.07, 6.45) is 1.10. The van der Waals surface area contributed by atoms with E-state index in [4.69, 9.17) is 9.47 Å². The number of hydrogen-bond donors (Lipinski definition) is 1. The van der Waals surface area contributed by atoms with Gasteiger partial charge in [-0.3, -0.25) is 4.79 Å². The predicted molar refractivity (Wildman–Crippen MR) is 110 cm³/mol. The van der Waals surface area contributed by atoms with Gasteiger partial charge in [-0.05, 0) is 40.7 Å². The highest BCUT2D eigenvalue weighted by Gasteiger charge is 2.14. The summed E-state index contributed by atoms with van der Waals surface area (Å²) < 4.78 is 9.95. The highest BCUT2D eigenvalue weighted by Crippen LogP contribution is 2.23. The Bertz CT molecular complexity index is 819. The second kappa shape index (κ2) is 9.40. The second-order valence-corrected chi connectivity index (χ2v) is 7.75. The van der Waals surface area contributed by atoms with Crippen LogP contribution in [0.1, 0.15) is 54.2 Å². The Hall–Kier alpha value is -2.82. The summed E-state index contributed by atoms with van der Waals surface area (Å²) >= 11 is 0. The maximum atomic E-state index is 12.2. The van der Waals surface area contributed by atoms with Crippen LogP contribution in [0.5, 0.6) is 5.75 Å².